The molecule has 0 bridgehead atoms. The molecule has 0 aliphatic carbocycles. The number of hydrogen-bond donors (Lipinski definition) is 0. The van der Waals surface area contributed by atoms with Gasteiger partial charge in [0.25, 0.3) is 0 Å². The van der Waals surface area contributed by atoms with E-state index in [1.165, 1.54) is 5.56 Å². The van der Waals surface area contributed by atoms with Crippen LogP contribution in [-0.4, -0.2) is 36.4 Å². The monoisotopic (exact) mass is 264 g/mol. The molecule has 3 rings (SSSR count). The molecule has 0 N–H and O–H groups in total. The maximum Gasteiger partial charge on any atom is 0.149 e. The van der Waals surface area contributed by atoms with Gasteiger partial charge in [0, 0.05) is 29.1 Å². The van der Waals surface area contributed by atoms with Crippen molar-refractivity contribution in [2.75, 3.05) is 19.7 Å². The van der Waals surface area contributed by atoms with Gasteiger partial charge >= 0.3 is 0 Å². The summed E-state index contributed by atoms with van der Waals surface area (Å²) in [6, 6.07) is 10.5. The van der Waals surface area contributed by atoms with Gasteiger partial charge < -0.3 is 9.36 Å². The first-order valence-corrected chi connectivity index (χ1v) is 6.64. The summed E-state index contributed by atoms with van der Waals surface area (Å²) in [5.41, 5.74) is 2.38. The van der Waals surface area contributed by atoms with Crippen molar-refractivity contribution < 1.29 is 9.36 Å². The van der Waals surface area contributed by atoms with Crippen LogP contribution in [0.4, 0.5) is 0 Å². The zero-order valence-corrected chi connectivity index (χ0v) is 11.3. The van der Waals surface area contributed by atoms with Gasteiger partial charge in [-0.2, -0.15) is 0 Å². The van der Waals surface area contributed by atoms with Crippen LogP contribution in [-0.2, 0) is 15.9 Å². The van der Waals surface area contributed by atoms with Gasteiger partial charge in [0.05, 0.1) is 18.2 Å². The minimum absolute atomic E-state index is 0.212. The summed E-state index contributed by atoms with van der Waals surface area (Å²) in [6.45, 7) is 3.48. The second-order valence-electron chi connectivity index (χ2n) is 4.82. The Morgan fingerprint density at radius 2 is 2.17 bits per heavy atom. The van der Waals surface area contributed by atoms with E-state index in [2.05, 4.69) is 43.8 Å². The molecule has 1 fully saturated rings. The number of hydrogen-bond acceptors (Lipinski definition) is 4. The molecular formula is C13H17N2O2P. The lowest BCUT2D eigenvalue weighted by atomic mass is 10.0. The van der Waals surface area contributed by atoms with Gasteiger partial charge in [-0.25, -0.2) is 0 Å². The number of oxime groups is 1. The number of rotatable bonds is 4. The SMILES string of the molecule is POCC1=NOC2CN(Cc3ccccc3)CC12. The molecule has 2 heterocycles. The van der Waals surface area contributed by atoms with E-state index in [0.29, 0.717) is 12.5 Å². The smallest absolute Gasteiger partial charge is 0.149 e. The van der Waals surface area contributed by atoms with Gasteiger partial charge in [-0.15, -0.1) is 0 Å². The molecule has 0 radical (unpaired) electrons. The Labute approximate surface area is 109 Å². The van der Waals surface area contributed by atoms with Crippen LogP contribution in [0.25, 0.3) is 0 Å². The Morgan fingerprint density at radius 1 is 1.33 bits per heavy atom. The minimum Gasteiger partial charge on any atom is -0.390 e. The largest absolute Gasteiger partial charge is 0.390 e. The zero-order chi connectivity index (χ0) is 12.4. The van der Waals surface area contributed by atoms with E-state index >= 15 is 0 Å². The van der Waals surface area contributed by atoms with E-state index in [0.717, 1.165) is 25.3 Å². The third kappa shape index (κ3) is 2.41. The first-order chi connectivity index (χ1) is 8.86. The molecule has 2 aliphatic heterocycles. The van der Waals surface area contributed by atoms with Crippen molar-refractivity contribution in [2.24, 2.45) is 11.1 Å². The fourth-order valence-electron chi connectivity index (χ4n) is 2.67. The van der Waals surface area contributed by atoms with Crippen molar-refractivity contribution in [3.8, 4) is 0 Å². The average molecular weight is 264 g/mol. The third-order valence-electron chi connectivity index (χ3n) is 3.56. The van der Waals surface area contributed by atoms with Crippen LogP contribution in [0.1, 0.15) is 5.56 Å². The van der Waals surface area contributed by atoms with Crippen molar-refractivity contribution >= 4 is 15.2 Å². The van der Waals surface area contributed by atoms with Crippen molar-refractivity contribution in [1.82, 2.24) is 4.90 Å². The number of benzene rings is 1. The summed E-state index contributed by atoms with van der Waals surface area (Å²) in [7, 11) is 2.27. The Balaban J connectivity index is 1.61. The summed E-state index contributed by atoms with van der Waals surface area (Å²) >= 11 is 0. The average Bonchev–Trinajstić information content (AvgIpc) is 2.93. The first kappa shape index (κ1) is 12.1. The summed E-state index contributed by atoms with van der Waals surface area (Å²) in [6.07, 6.45) is 0.212. The van der Waals surface area contributed by atoms with Gasteiger partial charge in [-0.1, -0.05) is 35.5 Å². The molecule has 4 nitrogen and oxygen atoms in total. The fourth-order valence-corrected chi connectivity index (χ4v) is 2.84. The summed E-state index contributed by atoms with van der Waals surface area (Å²) in [4.78, 5) is 7.89. The summed E-state index contributed by atoms with van der Waals surface area (Å²) in [5, 5.41) is 4.10. The van der Waals surface area contributed by atoms with E-state index in [-0.39, 0.29) is 6.10 Å². The third-order valence-corrected chi connectivity index (χ3v) is 3.72. The van der Waals surface area contributed by atoms with Crippen LogP contribution in [0, 0.1) is 5.92 Å². The van der Waals surface area contributed by atoms with Gasteiger partial charge in [-0.3, -0.25) is 4.90 Å². The number of likely N-dealkylation sites (tertiary alicyclic amines) is 1. The molecule has 0 saturated carbocycles. The molecule has 0 amide bonds. The van der Waals surface area contributed by atoms with Crippen LogP contribution < -0.4 is 0 Å². The van der Waals surface area contributed by atoms with Crippen molar-refractivity contribution in [1.29, 1.82) is 0 Å². The van der Waals surface area contributed by atoms with Crippen molar-refractivity contribution in [3.05, 3.63) is 35.9 Å². The van der Waals surface area contributed by atoms with Crippen LogP contribution in [0.2, 0.25) is 0 Å². The molecule has 3 unspecified atom stereocenters. The molecule has 2 aliphatic rings. The fraction of sp³-hybridized carbons (Fsp3) is 0.462. The van der Waals surface area contributed by atoms with Gasteiger partial charge in [0.2, 0.25) is 0 Å². The predicted octanol–water partition coefficient (Wildman–Crippen LogP) is 1.68. The van der Waals surface area contributed by atoms with E-state index in [1.54, 1.807) is 0 Å². The van der Waals surface area contributed by atoms with Crippen LogP contribution >= 0.6 is 9.47 Å². The Hall–Kier alpha value is -0.960. The van der Waals surface area contributed by atoms with Gasteiger partial charge in [0.15, 0.2) is 0 Å². The highest BCUT2D eigenvalue weighted by molar-refractivity contribution is 7.09. The Morgan fingerprint density at radius 3 is 2.94 bits per heavy atom. The summed E-state index contributed by atoms with van der Waals surface area (Å²) < 4.78 is 5.07. The van der Waals surface area contributed by atoms with Crippen LogP contribution in [0.15, 0.2) is 35.5 Å². The standard InChI is InChI=1S/C13H17N2O2P/c18-16-9-12-11-7-15(8-13(11)17-14-12)6-10-4-2-1-3-5-10/h1-5,11,13H,6-9,18H2. The van der Waals surface area contributed by atoms with E-state index in [4.69, 9.17) is 9.36 Å². The van der Waals surface area contributed by atoms with E-state index in [9.17, 15) is 0 Å². The molecule has 1 aromatic carbocycles. The minimum atomic E-state index is 0.212. The highest BCUT2D eigenvalue weighted by atomic mass is 31.0. The van der Waals surface area contributed by atoms with Crippen LogP contribution in [0.5, 0.6) is 0 Å². The molecule has 3 atom stereocenters. The molecule has 1 aromatic rings. The molecule has 1 saturated heterocycles. The summed E-state index contributed by atoms with van der Waals surface area (Å²) in [5.74, 6) is 0.397. The second kappa shape index (κ2) is 5.35. The first-order valence-electron chi connectivity index (χ1n) is 6.17. The lowest BCUT2D eigenvalue weighted by Gasteiger charge is -2.16. The lowest BCUT2D eigenvalue weighted by molar-refractivity contribution is 0.0745. The second-order valence-corrected chi connectivity index (χ2v) is 5.16. The topological polar surface area (TPSA) is 34.1 Å². The number of nitrogens with zero attached hydrogens (tertiary/aromatic N) is 2. The maximum absolute atomic E-state index is 5.47. The maximum atomic E-state index is 5.47. The molecule has 96 valence electrons. The predicted molar refractivity (Wildman–Crippen MR) is 73.2 cm³/mol. The highest BCUT2D eigenvalue weighted by Crippen LogP contribution is 2.28. The van der Waals surface area contributed by atoms with Crippen molar-refractivity contribution in [2.45, 2.75) is 12.6 Å². The zero-order valence-electron chi connectivity index (χ0n) is 10.2. The van der Waals surface area contributed by atoms with Crippen LogP contribution in [0.3, 0.4) is 0 Å². The highest BCUT2D eigenvalue weighted by Gasteiger charge is 2.41. The molecule has 0 spiro atoms. The van der Waals surface area contributed by atoms with Crippen molar-refractivity contribution in [3.63, 3.8) is 0 Å². The molecule has 18 heavy (non-hydrogen) atoms. The van der Waals surface area contributed by atoms with Gasteiger partial charge in [0.1, 0.15) is 6.10 Å². The quantitative estimate of drug-likeness (QED) is 0.776. The molecular weight excluding hydrogens is 247 g/mol. The lowest BCUT2D eigenvalue weighted by Crippen LogP contribution is -2.24. The molecule has 0 aromatic heterocycles. The Bertz CT molecular complexity index is 438. The van der Waals surface area contributed by atoms with Gasteiger partial charge in [-0.05, 0) is 5.56 Å². The normalized spacial score (nSPS) is 26.8. The van der Waals surface area contributed by atoms with E-state index < -0.39 is 0 Å². The molecule has 5 heteroatoms. The van der Waals surface area contributed by atoms with E-state index in [1.807, 2.05) is 6.07 Å². The Kier molecular flexibility index (Phi) is 3.59. The number of fused-ring (bicyclic) bond motifs is 1.